The number of nitrogens with one attached hydrogen (secondary N) is 1. The van der Waals surface area contributed by atoms with E-state index < -0.39 is 11.9 Å². The van der Waals surface area contributed by atoms with Crippen molar-refractivity contribution in [2.45, 2.75) is 27.4 Å². The van der Waals surface area contributed by atoms with Crippen molar-refractivity contribution < 1.29 is 14.3 Å². The quantitative estimate of drug-likeness (QED) is 0.449. The molecule has 164 valence electrons. The maximum atomic E-state index is 13.0. The van der Waals surface area contributed by atoms with E-state index in [0.29, 0.717) is 12.4 Å². The van der Waals surface area contributed by atoms with Gasteiger partial charge in [-0.2, -0.15) is 15.3 Å². The summed E-state index contributed by atoms with van der Waals surface area (Å²) < 4.78 is 10.0. The number of carbonyl (C=O) groups is 2. The SMILES string of the molecule is CCOC(=O)c1cnn(-c2ccccc2)c1NC(=O)c1ccn(Cn2nc(C)cc2C)n1. The minimum atomic E-state index is -0.569. The number of hydrogen-bond acceptors (Lipinski definition) is 6. The molecule has 0 unspecified atom stereocenters. The molecule has 1 amide bonds. The molecule has 32 heavy (non-hydrogen) atoms. The van der Waals surface area contributed by atoms with Crippen LogP contribution in [0, 0.1) is 13.8 Å². The Kier molecular flexibility index (Phi) is 5.84. The van der Waals surface area contributed by atoms with E-state index >= 15 is 0 Å². The minimum absolute atomic E-state index is 0.158. The van der Waals surface area contributed by atoms with Crippen LogP contribution in [0.15, 0.2) is 54.9 Å². The topological polar surface area (TPSA) is 109 Å². The number of esters is 1. The van der Waals surface area contributed by atoms with Gasteiger partial charge in [-0.15, -0.1) is 0 Å². The molecule has 0 aliphatic rings. The first-order chi connectivity index (χ1) is 15.5. The molecule has 0 saturated carbocycles. The van der Waals surface area contributed by atoms with E-state index in [2.05, 4.69) is 20.6 Å². The van der Waals surface area contributed by atoms with Gasteiger partial charge in [-0.05, 0) is 45.0 Å². The van der Waals surface area contributed by atoms with Crippen molar-refractivity contribution in [3.63, 3.8) is 0 Å². The summed E-state index contributed by atoms with van der Waals surface area (Å²) in [7, 11) is 0. The number of amides is 1. The monoisotopic (exact) mass is 433 g/mol. The Morgan fingerprint density at radius 2 is 1.88 bits per heavy atom. The number of benzene rings is 1. The number of ether oxygens (including phenoxy) is 1. The van der Waals surface area contributed by atoms with Gasteiger partial charge in [-0.1, -0.05) is 18.2 Å². The molecular formula is C22H23N7O3. The van der Waals surface area contributed by atoms with Gasteiger partial charge in [0.15, 0.2) is 11.5 Å². The van der Waals surface area contributed by atoms with Crippen molar-refractivity contribution in [2.24, 2.45) is 0 Å². The second-order valence-electron chi connectivity index (χ2n) is 7.14. The molecule has 0 atom stereocenters. The normalized spacial score (nSPS) is 10.8. The Hall–Kier alpha value is -4.21. The van der Waals surface area contributed by atoms with E-state index in [1.807, 2.05) is 50.2 Å². The highest BCUT2D eigenvalue weighted by Crippen LogP contribution is 2.22. The van der Waals surface area contributed by atoms with Crippen molar-refractivity contribution in [2.75, 3.05) is 11.9 Å². The Labute approximate surface area is 184 Å². The van der Waals surface area contributed by atoms with E-state index in [9.17, 15) is 9.59 Å². The molecule has 1 N–H and O–H groups in total. The molecule has 0 spiro atoms. The van der Waals surface area contributed by atoms with Gasteiger partial charge >= 0.3 is 5.97 Å². The molecular weight excluding hydrogens is 410 g/mol. The summed E-state index contributed by atoms with van der Waals surface area (Å²) in [6, 6.07) is 12.8. The van der Waals surface area contributed by atoms with Crippen LogP contribution in [0.25, 0.3) is 5.69 Å². The highest BCUT2D eigenvalue weighted by molar-refractivity contribution is 6.06. The molecule has 0 radical (unpaired) electrons. The maximum Gasteiger partial charge on any atom is 0.343 e. The van der Waals surface area contributed by atoms with Crippen molar-refractivity contribution in [3.8, 4) is 5.69 Å². The predicted octanol–water partition coefficient (Wildman–Crippen LogP) is 2.82. The molecule has 10 nitrogen and oxygen atoms in total. The third-order valence-corrected chi connectivity index (χ3v) is 4.75. The lowest BCUT2D eigenvalue weighted by atomic mass is 10.3. The zero-order chi connectivity index (χ0) is 22.7. The fraction of sp³-hybridized carbons (Fsp3) is 0.227. The maximum absolute atomic E-state index is 13.0. The van der Waals surface area contributed by atoms with Gasteiger partial charge in [0.05, 0.1) is 24.2 Å². The van der Waals surface area contributed by atoms with Crippen LogP contribution in [0.2, 0.25) is 0 Å². The summed E-state index contributed by atoms with van der Waals surface area (Å²) in [6.07, 6.45) is 3.08. The number of para-hydroxylation sites is 1. The van der Waals surface area contributed by atoms with Gasteiger partial charge in [0.1, 0.15) is 12.2 Å². The van der Waals surface area contributed by atoms with Crippen molar-refractivity contribution in [1.82, 2.24) is 29.3 Å². The van der Waals surface area contributed by atoms with Gasteiger partial charge in [-0.25, -0.2) is 14.2 Å². The molecule has 0 bridgehead atoms. The Morgan fingerprint density at radius 1 is 1.09 bits per heavy atom. The van der Waals surface area contributed by atoms with E-state index in [1.165, 1.54) is 10.9 Å². The van der Waals surface area contributed by atoms with Crippen LogP contribution in [0.3, 0.4) is 0 Å². The second kappa shape index (κ2) is 8.88. The molecule has 0 fully saturated rings. The number of rotatable bonds is 7. The zero-order valence-electron chi connectivity index (χ0n) is 18.0. The standard InChI is InChI=1S/C22H23N7O3/c1-4-32-22(31)18-13-23-29(17-8-6-5-7-9-17)20(18)24-21(30)19-10-11-27(26-19)14-28-16(3)12-15(2)25-28/h5-13H,4,14H2,1-3H3,(H,24,30). The largest absolute Gasteiger partial charge is 0.462 e. The molecule has 1 aromatic carbocycles. The van der Waals surface area contributed by atoms with E-state index in [4.69, 9.17) is 4.74 Å². The van der Waals surface area contributed by atoms with Gasteiger partial charge in [0, 0.05) is 11.9 Å². The Morgan fingerprint density at radius 3 is 2.56 bits per heavy atom. The number of anilines is 1. The van der Waals surface area contributed by atoms with Crippen molar-refractivity contribution in [3.05, 3.63) is 77.5 Å². The molecule has 10 heteroatoms. The number of hydrogen-bond donors (Lipinski definition) is 1. The van der Waals surface area contributed by atoms with Gasteiger partial charge in [0.2, 0.25) is 0 Å². The smallest absolute Gasteiger partial charge is 0.343 e. The van der Waals surface area contributed by atoms with Gasteiger partial charge < -0.3 is 10.1 Å². The number of carbonyl (C=O) groups excluding carboxylic acids is 2. The Balaban J connectivity index is 1.60. The van der Waals surface area contributed by atoms with Crippen LogP contribution in [0.1, 0.15) is 39.2 Å². The number of aryl methyl sites for hydroxylation is 2. The third kappa shape index (κ3) is 4.29. The van der Waals surface area contributed by atoms with Gasteiger partial charge in [-0.3, -0.25) is 9.48 Å². The fourth-order valence-corrected chi connectivity index (χ4v) is 3.28. The van der Waals surface area contributed by atoms with Crippen molar-refractivity contribution >= 4 is 17.7 Å². The van der Waals surface area contributed by atoms with Crippen LogP contribution in [0.4, 0.5) is 5.82 Å². The molecule has 0 saturated heterocycles. The molecule has 3 aromatic heterocycles. The summed E-state index contributed by atoms with van der Waals surface area (Å²) in [5, 5.41) is 15.8. The average Bonchev–Trinajstić information content (AvgIpc) is 3.48. The number of nitrogens with zero attached hydrogens (tertiary/aromatic N) is 6. The molecule has 0 aliphatic heterocycles. The van der Waals surface area contributed by atoms with E-state index in [-0.39, 0.29) is 23.7 Å². The number of aromatic nitrogens is 6. The molecule has 0 aliphatic carbocycles. The van der Waals surface area contributed by atoms with Gasteiger partial charge in [0.25, 0.3) is 5.91 Å². The summed E-state index contributed by atoms with van der Waals surface area (Å²) in [5.41, 5.74) is 2.95. The molecule has 4 rings (SSSR count). The lowest BCUT2D eigenvalue weighted by Crippen LogP contribution is -2.19. The lowest BCUT2D eigenvalue weighted by molar-refractivity contribution is 0.0527. The third-order valence-electron chi connectivity index (χ3n) is 4.75. The lowest BCUT2D eigenvalue weighted by Gasteiger charge is -2.10. The highest BCUT2D eigenvalue weighted by atomic mass is 16.5. The van der Waals surface area contributed by atoms with Crippen LogP contribution >= 0.6 is 0 Å². The summed E-state index contributed by atoms with van der Waals surface area (Å²) >= 11 is 0. The van der Waals surface area contributed by atoms with Crippen LogP contribution in [-0.2, 0) is 11.4 Å². The van der Waals surface area contributed by atoms with E-state index in [1.54, 1.807) is 28.6 Å². The first kappa shape index (κ1) is 21.0. The zero-order valence-corrected chi connectivity index (χ0v) is 18.0. The second-order valence-corrected chi connectivity index (χ2v) is 7.14. The van der Waals surface area contributed by atoms with Crippen LogP contribution in [-0.4, -0.2) is 47.8 Å². The Bertz CT molecular complexity index is 1250. The molecule has 4 aromatic rings. The average molecular weight is 433 g/mol. The predicted molar refractivity (Wildman–Crippen MR) is 117 cm³/mol. The van der Waals surface area contributed by atoms with Crippen molar-refractivity contribution in [1.29, 1.82) is 0 Å². The van der Waals surface area contributed by atoms with Crippen LogP contribution < -0.4 is 5.32 Å². The van der Waals surface area contributed by atoms with Crippen LogP contribution in [0.5, 0.6) is 0 Å². The highest BCUT2D eigenvalue weighted by Gasteiger charge is 2.23. The summed E-state index contributed by atoms with van der Waals surface area (Å²) in [4.78, 5) is 25.4. The van der Waals surface area contributed by atoms with E-state index in [0.717, 1.165) is 11.4 Å². The summed E-state index contributed by atoms with van der Waals surface area (Å²) in [6.45, 7) is 6.18. The minimum Gasteiger partial charge on any atom is -0.462 e. The fourth-order valence-electron chi connectivity index (χ4n) is 3.28. The first-order valence-corrected chi connectivity index (χ1v) is 10.1. The molecule has 3 heterocycles. The summed E-state index contributed by atoms with van der Waals surface area (Å²) in [5.74, 6) is -0.826. The first-order valence-electron chi connectivity index (χ1n) is 10.1.